The van der Waals surface area contributed by atoms with Crippen LogP contribution in [-0.4, -0.2) is 45.5 Å². The Hall–Kier alpha value is -2.86. The topological polar surface area (TPSA) is 73.9 Å². The van der Waals surface area contributed by atoms with Crippen LogP contribution >= 0.6 is 0 Å². The van der Waals surface area contributed by atoms with Crippen LogP contribution in [0.4, 0.5) is 0 Å². The molecule has 1 aliphatic carbocycles. The molecule has 1 unspecified atom stereocenters. The maximum Gasteiger partial charge on any atom is 0.162 e. The van der Waals surface area contributed by atoms with Gasteiger partial charge in [0.25, 0.3) is 0 Å². The van der Waals surface area contributed by atoms with Crippen LogP contribution in [0.25, 0.3) is 0 Å². The molecule has 6 nitrogen and oxygen atoms in total. The number of ketones is 1. The summed E-state index contributed by atoms with van der Waals surface area (Å²) in [5.41, 5.74) is 2.04. The summed E-state index contributed by atoms with van der Waals surface area (Å²) < 4.78 is 16.2. The number of nitrogens with one attached hydrogen (secondary N) is 1. The quantitative estimate of drug-likeness (QED) is 0.102. The molecule has 6 heteroatoms. The van der Waals surface area contributed by atoms with E-state index >= 15 is 0 Å². The van der Waals surface area contributed by atoms with E-state index < -0.39 is 0 Å². The monoisotopic (exact) mass is 555 g/mol. The fourth-order valence-electron chi connectivity index (χ4n) is 4.32. The maximum absolute atomic E-state index is 11.8. The van der Waals surface area contributed by atoms with Crippen molar-refractivity contribution in [3.63, 3.8) is 0 Å². The number of methoxy groups -OCH3 is 1. The Morgan fingerprint density at radius 1 is 1.10 bits per heavy atom. The first-order valence-corrected chi connectivity index (χ1v) is 14.9. The molecule has 0 amide bonds. The summed E-state index contributed by atoms with van der Waals surface area (Å²) in [5.74, 6) is 3.46. The summed E-state index contributed by atoms with van der Waals surface area (Å²) in [7, 11) is 3.60. The van der Waals surface area contributed by atoms with Gasteiger partial charge < -0.3 is 24.3 Å². The summed E-state index contributed by atoms with van der Waals surface area (Å²) in [5, 5.41) is 3.26. The van der Waals surface area contributed by atoms with Crippen LogP contribution in [0.3, 0.4) is 0 Å². The molecule has 0 fully saturated rings. The fourth-order valence-corrected chi connectivity index (χ4v) is 4.32. The lowest BCUT2D eigenvalue weighted by molar-refractivity contribution is -0.107. The van der Waals surface area contributed by atoms with Crippen molar-refractivity contribution in [3.05, 3.63) is 65.7 Å². The molecule has 224 valence electrons. The zero-order valence-corrected chi connectivity index (χ0v) is 25.6. The van der Waals surface area contributed by atoms with E-state index in [1.54, 1.807) is 31.4 Å². The van der Waals surface area contributed by atoms with Gasteiger partial charge in [0.1, 0.15) is 31.0 Å². The van der Waals surface area contributed by atoms with Gasteiger partial charge in [0.2, 0.25) is 0 Å². The van der Waals surface area contributed by atoms with Crippen molar-refractivity contribution in [2.45, 2.75) is 97.4 Å². The van der Waals surface area contributed by atoms with Crippen LogP contribution in [-0.2, 0) is 14.3 Å². The number of carbonyl (C=O) groups is 2. The molecule has 0 saturated carbocycles. The van der Waals surface area contributed by atoms with Crippen LogP contribution in [0.1, 0.15) is 102 Å². The Kier molecular flexibility index (Phi) is 19.3. The Labute approximate surface area is 243 Å². The highest BCUT2D eigenvalue weighted by molar-refractivity contribution is 5.96. The second kappa shape index (κ2) is 21.9. The lowest BCUT2D eigenvalue weighted by atomic mass is 9.92. The van der Waals surface area contributed by atoms with Gasteiger partial charge in [-0.1, -0.05) is 37.8 Å². The number of benzene rings is 1. The summed E-state index contributed by atoms with van der Waals surface area (Å²) >= 11 is 0. The molecule has 2 atom stereocenters. The van der Waals surface area contributed by atoms with Crippen molar-refractivity contribution in [2.24, 2.45) is 5.92 Å². The Balaban J connectivity index is 0.000000320. The van der Waals surface area contributed by atoms with Gasteiger partial charge in [-0.25, -0.2) is 0 Å². The van der Waals surface area contributed by atoms with Crippen molar-refractivity contribution in [1.82, 2.24) is 5.32 Å². The van der Waals surface area contributed by atoms with Gasteiger partial charge in [-0.3, -0.25) is 4.79 Å². The van der Waals surface area contributed by atoms with Crippen molar-refractivity contribution in [2.75, 3.05) is 27.4 Å². The Bertz CT molecular complexity index is 919. The van der Waals surface area contributed by atoms with E-state index in [9.17, 15) is 9.59 Å². The van der Waals surface area contributed by atoms with E-state index in [0.717, 1.165) is 61.2 Å². The zero-order chi connectivity index (χ0) is 29.6. The summed E-state index contributed by atoms with van der Waals surface area (Å²) in [6.07, 6.45) is 16.4. The van der Waals surface area contributed by atoms with Gasteiger partial charge in [0.15, 0.2) is 11.5 Å². The lowest BCUT2D eigenvalue weighted by Gasteiger charge is -2.27. The third-order valence-corrected chi connectivity index (χ3v) is 6.85. The highest BCUT2D eigenvalue weighted by atomic mass is 16.6. The molecule has 0 saturated heterocycles. The number of carbonyl (C=O) groups excluding carboxylic acids is 2. The highest BCUT2D eigenvalue weighted by Gasteiger charge is 2.22. The first kappa shape index (κ1) is 35.2. The number of hydrogen-bond donors (Lipinski definition) is 1. The van der Waals surface area contributed by atoms with E-state index in [-0.39, 0.29) is 5.78 Å². The number of ether oxygens (including phenoxy) is 3. The van der Waals surface area contributed by atoms with Crippen LogP contribution in [0, 0.1) is 5.92 Å². The molecule has 1 N–H and O–H groups in total. The zero-order valence-electron chi connectivity index (χ0n) is 25.6. The maximum atomic E-state index is 11.8. The molecule has 0 bridgehead atoms. The number of rotatable bonds is 15. The third-order valence-electron chi connectivity index (χ3n) is 6.85. The molecular weight excluding hydrogens is 502 g/mol. The molecule has 0 aromatic heterocycles. The van der Waals surface area contributed by atoms with Crippen molar-refractivity contribution >= 4 is 12.1 Å². The minimum absolute atomic E-state index is 0.152. The highest BCUT2D eigenvalue weighted by Crippen LogP contribution is 2.30. The van der Waals surface area contributed by atoms with Gasteiger partial charge >= 0.3 is 0 Å². The van der Waals surface area contributed by atoms with E-state index in [1.807, 2.05) is 7.05 Å². The minimum atomic E-state index is 0.152. The van der Waals surface area contributed by atoms with Gasteiger partial charge in [-0.05, 0) is 89.3 Å². The predicted molar refractivity (Wildman–Crippen MR) is 165 cm³/mol. The number of Topliss-reactive ketones (excluding diaryl/α,β-unsaturated/α-hetero) is 1. The second-order valence-electron chi connectivity index (χ2n) is 10.6. The molecule has 1 aromatic carbocycles. The van der Waals surface area contributed by atoms with Crippen LogP contribution in [0.5, 0.6) is 5.75 Å². The van der Waals surface area contributed by atoms with Gasteiger partial charge in [0, 0.05) is 30.9 Å². The van der Waals surface area contributed by atoms with Crippen LogP contribution in [0.15, 0.2) is 60.1 Å². The molecule has 1 aromatic rings. The number of aldehydes is 1. The minimum Gasteiger partial charge on any atom is -0.497 e. The normalized spacial score (nSPS) is 16.1. The average molecular weight is 556 g/mol. The van der Waals surface area contributed by atoms with Gasteiger partial charge in [0.05, 0.1) is 7.11 Å². The first-order chi connectivity index (χ1) is 19.3. The van der Waals surface area contributed by atoms with Crippen molar-refractivity contribution < 1.29 is 23.8 Å². The molecule has 3 rings (SSSR count). The smallest absolute Gasteiger partial charge is 0.162 e. The predicted octanol–water partition coefficient (Wildman–Crippen LogP) is 7.99. The Morgan fingerprint density at radius 3 is 2.42 bits per heavy atom. The molecule has 0 radical (unpaired) electrons. The van der Waals surface area contributed by atoms with Crippen LogP contribution in [0.2, 0.25) is 0 Å². The number of allylic oxidation sites excluding steroid dienone is 4. The van der Waals surface area contributed by atoms with Gasteiger partial charge in [-0.2, -0.15) is 0 Å². The van der Waals surface area contributed by atoms with E-state index in [1.165, 1.54) is 31.3 Å². The number of unbranched alkanes of at least 4 members (excludes halogenated alkanes) is 5. The lowest BCUT2D eigenvalue weighted by Crippen LogP contribution is -2.26. The fraction of sp³-hybridized carbons (Fsp3) is 0.588. The summed E-state index contributed by atoms with van der Waals surface area (Å²) in [6.45, 7) is 11.7. The first-order valence-electron chi connectivity index (χ1n) is 14.9. The van der Waals surface area contributed by atoms with E-state index in [4.69, 9.17) is 14.2 Å². The van der Waals surface area contributed by atoms with Gasteiger partial charge in [-0.15, -0.1) is 6.58 Å². The van der Waals surface area contributed by atoms with E-state index in [2.05, 4.69) is 44.8 Å². The SMILES string of the molecule is C=C(C)CCCCC.CN[C@H](C)CC1C=CC2=C(C1)OCCO2.COc1ccc(C(=O)CCCCCC=O)cc1. The van der Waals surface area contributed by atoms with Crippen LogP contribution < -0.4 is 10.1 Å². The Morgan fingerprint density at radius 2 is 1.80 bits per heavy atom. The summed E-state index contributed by atoms with van der Waals surface area (Å²) in [4.78, 5) is 21.9. The van der Waals surface area contributed by atoms with E-state index in [0.29, 0.717) is 38.0 Å². The summed E-state index contributed by atoms with van der Waals surface area (Å²) in [6, 6.07) is 7.70. The molecule has 0 spiro atoms. The molecule has 2 aliphatic rings. The van der Waals surface area contributed by atoms with Crippen molar-refractivity contribution in [1.29, 1.82) is 0 Å². The van der Waals surface area contributed by atoms with Crippen molar-refractivity contribution in [3.8, 4) is 5.75 Å². The number of hydrogen-bond acceptors (Lipinski definition) is 6. The molecule has 1 heterocycles. The molecular formula is C34H53NO5. The average Bonchev–Trinajstić information content (AvgIpc) is 2.97. The standard InChI is InChI=1S/C14H18O3.C12H19NO2.C8H16/c1-17-13-9-7-12(8-10-13)14(16)6-4-2-3-5-11-15;1-9(13-2)7-10-3-4-11-12(8-10)15-6-5-14-11;1-4-5-6-7-8(2)3/h7-11H,2-6H2,1H3;3-4,9-10,13H,5-8H2,1-2H3;2,4-7H2,1,3H3/t;9-,10?;/m.1./s1. The largest absolute Gasteiger partial charge is 0.497 e. The molecule has 1 aliphatic heterocycles. The second-order valence-corrected chi connectivity index (χ2v) is 10.6. The third kappa shape index (κ3) is 15.7. The molecule has 40 heavy (non-hydrogen) atoms.